The van der Waals surface area contributed by atoms with Crippen LogP contribution in [0.15, 0.2) is 65.4 Å². The Labute approximate surface area is 316 Å². The number of ether oxygens (including phenoxy) is 1. The fourth-order valence-electron chi connectivity index (χ4n) is 10.3. The number of hydrogen-bond acceptors (Lipinski definition) is 9. The van der Waals surface area contributed by atoms with Gasteiger partial charge in [-0.3, -0.25) is 4.90 Å². The number of allylic oxidation sites excluding steroid dienone is 4. The number of rotatable bonds is 15. The largest absolute Gasteiger partial charge is 0.453 e. The van der Waals surface area contributed by atoms with Crippen molar-refractivity contribution in [3.8, 4) is 0 Å². The molecule has 1 aromatic rings. The second-order valence-corrected chi connectivity index (χ2v) is 19.0. The molecule has 1 aromatic carbocycles. The number of sulfone groups is 1. The van der Waals surface area contributed by atoms with Crippen LogP contribution in [-0.4, -0.2) is 132 Å². The predicted molar refractivity (Wildman–Crippen MR) is 208 cm³/mol. The molecule has 0 spiro atoms. The fourth-order valence-corrected chi connectivity index (χ4v) is 12.0. The van der Waals surface area contributed by atoms with Gasteiger partial charge in [-0.25, -0.2) is 17.6 Å². The van der Waals surface area contributed by atoms with Crippen LogP contribution in [0, 0.1) is 23.2 Å². The molecule has 7 rings (SSSR count). The van der Waals surface area contributed by atoms with Crippen molar-refractivity contribution < 1.29 is 22.3 Å². The lowest BCUT2D eigenvalue weighted by molar-refractivity contribution is -0.00653. The third-order valence-electron chi connectivity index (χ3n) is 13.6. The van der Waals surface area contributed by atoms with Crippen molar-refractivity contribution in [3.05, 3.63) is 60.5 Å². The van der Waals surface area contributed by atoms with E-state index in [0.717, 1.165) is 109 Å². The first kappa shape index (κ1) is 38.5. The highest BCUT2D eigenvalue weighted by Crippen LogP contribution is 2.54. The summed E-state index contributed by atoms with van der Waals surface area (Å²) in [4.78, 5) is 22.7. The Morgan fingerprint density at radius 1 is 0.981 bits per heavy atom. The molecular weight excluding hydrogens is 692 g/mol. The minimum atomic E-state index is -3.31. The van der Waals surface area contributed by atoms with Crippen LogP contribution in [0.4, 0.5) is 14.9 Å². The molecule has 0 radical (unpaired) electrons. The molecule has 53 heavy (non-hydrogen) atoms. The lowest BCUT2D eigenvalue weighted by atomic mass is 9.57. The number of carbonyl (C=O) groups is 1. The van der Waals surface area contributed by atoms with E-state index in [0.29, 0.717) is 35.9 Å². The maximum absolute atomic E-state index is 15.2. The fraction of sp³-hybridized carbons (Fsp3) is 0.683. The van der Waals surface area contributed by atoms with Gasteiger partial charge in [0, 0.05) is 74.9 Å². The predicted octanol–water partition coefficient (Wildman–Crippen LogP) is 4.86. The third kappa shape index (κ3) is 8.27. The molecule has 1 saturated carbocycles. The minimum absolute atomic E-state index is 0.00497. The Hall–Kier alpha value is -2.77. The summed E-state index contributed by atoms with van der Waals surface area (Å²) in [7, 11) is -1.89. The Morgan fingerprint density at radius 2 is 1.70 bits per heavy atom. The monoisotopic (exact) mass is 752 g/mol. The van der Waals surface area contributed by atoms with Crippen molar-refractivity contribution >= 4 is 21.6 Å². The van der Waals surface area contributed by atoms with Gasteiger partial charge in [-0.1, -0.05) is 24.6 Å². The SMILES string of the molecule is C=C/C=C(F)\C=C(/C)[C@](CN1CCC1)(C1CCN(CC2CN(c3ccc(S(=O)(=O)C4CN(CC5CCN5)C4)cc3)C2)CC1)[C@H]1CCC[C@@H]1NC(=O)OC. The van der Waals surface area contributed by atoms with Gasteiger partial charge < -0.3 is 30.1 Å². The third-order valence-corrected chi connectivity index (χ3v) is 15.7. The molecular formula is C41H61FN6O4S. The summed E-state index contributed by atoms with van der Waals surface area (Å²) in [6.07, 6.45) is 11.7. The number of piperidine rings is 1. The molecule has 0 aromatic heterocycles. The van der Waals surface area contributed by atoms with Gasteiger partial charge in [0.25, 0.3) is 0 Å². The maximum atomic E-state index is 15.2. The first-order chi connectivity index (χ1) is 25.6. The van der Waals surface area contributed by atoms with Crippen molar-refractivity contribution in [1.82, 2.24) is 25.3 Å². The van der Waals surface area contributed by atoms with Crippen molar-refractivity contribution in [2.24, 2.45) is 23.2 Å². The minimum Gasteiger partial charge on any atom is -0.453 e. The first-order valence-electron chi connectivity index (χ1n) is 20.1. The summed E-state index contributed by atoms with van der Waals surface area (Å²) in [6, 6.07) is 8.08. The van der Waals surface area contributed by atoms with Crippen LogP contribution >= 0.6 is 0 Å². The standard InChI is InChI=1S/C41H61FN6O4S/c1-4-7-33(42)22-30(2)41(29-46-18-6-19-46,38-8-5-9-39(38)44-40(49)52-3)32-15-20-45(21-16-32)23-31-24-48(25-31)35-10-12-36(13-11-35)53(50,51)37-27-47(28-37)26-34-14-17-43-34/h4,7,10-13,22,31-32,34,37-39,43H,1,5-6,8-9,14-21,23-29H2,2-3H3,(H,44,49)/b30-22+,33-7+/t34?,38-,39-,41+/m0/s1. The number of methoxy groups -OCH3 is 1. The molecule has 4 atom stereocenters. The topological polar surface area (TPSA) is 97.5 Å². The lowest BCUT2D eigenvalue weighted by Gasteiger charge is -2.54. The molecule has 6 aliphatic rings. The van der Waals surface area contributed by atoms with E-state index in [1.54, 1.807) is 18.2 Å². The summed E-state index contributed by atoms with van der Waals surface area (Å²) in [6.45, 7) is 17.1. The van der Waals surface area contributed by atoms with Crippen molar-refractivity contribution in [3.63, 3.8) is 0 Å². The van der Waals surface area contributed by atoms with E-state index < -0.39 is 9.84 Å². The van der Waals surface area contributed by atoms with Crippen molar-refractivity contribution in [2.45, 2.75) is 74.1 Å². The van der Waals surface area contributed by atoms with E-state index in [1.807, 2.05) is 12.1 Å². The molecule has 12 heteroatoms. The van der Waals surface area contributed by atoms with Crippen molar-refractivity contribution in [1.29, 1.82) is 0 Å². The van der Waals surface area contributed by atoms with Crippen LogP contribution in [-0.2, 0) is 14.6 Å². The van der Waals surface area contributed by atoms with Crippen LogP contribution in [0.1, 0.15) is 51.9 Å². The number of alkyl carbamates (subject to hydrolysis) is 1. The van der Waals surface area contributed by atoms with E-state index >= 15 is 4.39 Å². The summed E-state index contributed by atoms with van der Waals surface area (Å²) in [5, 5.41) is 6.28. The van der Waals surface area contributed by atoms with Gasteiger partial charge in [0.1, 0.15) is 5.83 Å². The number of nitrogens with zero attached hydrogens (tertiary/aromatic N) is 4. The Balaban J connectivity index is 0.960. The normalized spacial score (nSPS) is 28.4. The molecule has 1 aliphatic carbocycles. The second-order valence-electron chi connectivity index (χ2n) is 16.7. The lowest BCUT2D eigenvalue weighted by Crippen LogP contribution is -2.60. The summed E-state index contributed by atoms with van der Waals surface area (Å²) in [5.74, 6) is 0.861. The molecule has 10 nitrogen and oxygen atoms in total. The Kier molecular flexibility index (Phi) is 12.0. The van der Waals surface area contributed by atoms with Gasteiger partial charge in [0.15, 0.2) is 9.84 Å². The zero-order valence-electron chi connectivity index (χ0n) is 31.9. The number of benzene rings is 1. The van der Waals surface area contributed by atoms with E-state index in [2.05, 4.69) is 43.7 Å². The van der Waals surface area contributed by atoms with Crippen LogP contribution in [0.5, 0.6) is 0 Å². The highest BCUT2D eigenvalue weighted by Gasteiger charge is 2.53. The summed E-state index contributed by atoms with van der Waals surface area (Å²) >= 11 is 0. The number of nitrogens with one attached hydrogen (secondary N) is 2. The van der Waals surface area contributed by atoms with E-state index in [-0.39, 0.29) is 34.5 Å². The van der Waals surface area contributed by atoms with E-state index in [9.17, 15) is 13.2 Å². The maximum Gasteiger partial charge on any atom is 0.407 e. The van der Waals surface area contributed by atoms with Gasteiger partial charge in [0.05, 0.1) is 17.3 Å². The number of halogens is 1. The van der Waals surface area contributed by atoms with Crippen LogP contribution in [0.25, 0.3) is 0 Å². The summed E-state index contributed by atoms with van der Waals surface area (Å²) < 4.78 is 46.8. The zero-order valence-corrected chi connectivity index (χ0v) is 32.7. The van der Waals surface area contributed by atoms with Gasteiger partial charge in [0.2, 0.25) is 0 Å². The molecule has 1 amide bonds. The van der Waals surface area contributed by atoms with Crippen LogP contribution in [0.2, 0.25) is 0 Å². The Morgan fingerprint density at radius 3 is 2.30 bits per heavy atom. The van der Waals surface area contributed by atoms with Gasteiger partial charge in [-0.05, 0) is 126 Å². The average Bonchev–Trinajstić information content (AvgIpc) is 3.53. The highest BCUT2D eigenvalue weighted by atomic mass is 32.2. The molecule has 0 bridgehead atoms. The first-order valence-corrected chi connectivity index (χ1v) is 21.6. The number of hydrogen-bond donors (Lipinski definition) is 2. The Bertz CT molecular complexity index is 1610. The molecule has 5 aliphatic heterocycles. The smallest absolute Gasteiger partial charge is 0.407 e. The van der Waals surface area contributed by atoms with E-state index in [4.69, 9.17) is 4.74 Å². The van der Waals surface area contributed by atoms with Crippen molar-refractivity contribution in [2.75, 3.05) is 90.5 Å². The number of carbonyl (C=O) groups excluding carboxylic acids is 1. The zero-order chi connectivity index (χ0) is 37.2. The molecule has 5 saturated heterocycles. The average molecular weight is 753 g/mol. The number of likely N-dealkylation sites (tertiary alicyclic amines) is 3. The number of amides is 1. The summed E-state index contributed by atoms with van der Waals surface area (Å²) in [5.41, 5.74) is 1.90. The number of anilines is 1. The molecule has 5 heterocycles. The molecule has 6 fully saturated rings. The van der Waals surface area contributed by atoms with E-state index in [1.165, 1.54) is 32.1 Å². The van der Waals surface area contributed by atoms with Gasteiger partial charge in [-0.2, -0.15) is 0 Å². The van der Waals surface area contributed by atoms with Crippen LogP contribution in [0.3, 0.4) is 0 Å². The molecule has 1 unspecified atom stereocenters. The molecule has 2 N–H and O–H groups in total. The second kappa shape index (κ2) is 16.5. The highest BCUT2D eigenvalue weighted by molar-refractivity contribution is 7.92. The quantitative estimate of drug-likeness (QED) is 0.244. The van der Waals surface area contributed by atoms with Crippen LogP contribution < -0.4 is 15.5 Å². The van der Waals surface area contributed by atoms with Gasteiger partial charge >= 0.3 is 6.09 Å². The van der Waals surface area contributed by atoms with Gasteiger partial charge in [-0.15, -0.1) is 0 Å². The molecule has 292 valence electrons.